The molecule has 2 N–H and O–H groups in total. The fourth-order valence-electron chi connectivity index (χ4n) is 4.10. The molecule has 0 spiro atoms. The predicted molar refractivity (Wildman–Crippen MR) is 123 cm³/mol. The number of carboxylic acids is 1. The molecular weight excluding hydrogens is 462 g/mol. The van der Waals surface area contributed by atoms with Crippen molar-refractivity contribution in [2.24, 2.45) is 0 Å². The van der Waals surface area contributed by atoms with Gasteiger partial charge in [-0.05, 0) is 23.3 Å². The van der Waals surface area contributed by atoms with Gasteiger partial charge < -0.3 is 20.1 Å². The summed E-state index contributed by atoms with van der Waals surface area (Å²) >= 11 is 1.32. The molecule has 0 aromatic heterocycles. The second-order valence-corrected chi connectivity index (χ2v) is 9.03. The lowest BCUT2D eigenvalue weighted by Gasteiger charge is -2.58. The molecule has 4 rings (SSSR count). The van der Waals surface area contributed by atoms with E-state index in [9.17, 15) is 29.6 Å². The number of fused-ring (bicyclic) bond motifs is 1. The lowest BCUT2D eigenvalue weighted by atomic mass is 9.79. The number of carbonyl (C=O) groups excluding carboxylic acids is 2. The molecule has 0 radical (unpaired) electrons. The van der Waals surface area contributed by atoms with Gasteiger partial charge in [0.05, 0.1) is 4.92 Å². The Bertz CT molecular complexity index is 1150. The summed E-state index contributed by atoms with van der Waals surface area (Å²) in [6, 6.07) is 13.4. The van der Waals surface area contributed by atoms with E-state index in [1.54, 1.807) is 24.3 Å². The molecule has 10 nitrogen and oxygen atoms in total. The number of amides is 2. The van der Waals surface area contributed by atoms with Crippen molar-refractivity contribution in [1.29, 1.82) is 0 Å². The molecule has 176 valence electrons. The number of ether oxygens (including phenoxy) is 1. The number of benzene rings is 2. The average Bonchev–Trinajstić information content (AvgIpc) is 2.83. The van der Waals surface area contributed by atoms with Gasteiger partial charge in [0.25, 0.3) is 11.6 Å². The van der Waals surface area contributed by atoms with Crippen LogP contribution in [0.15, 0.2) is 66.7 Å². The van der Waals surface area contributed by atoms with Gasteiger partial charge in [-0.2, -0.15) is 0 Å². The van der Waals surface area contributed by atoms with E-state index in [4.69, 9.17) is 4.74 Å². The molecule has 0 aliphatic carbocycles. The van der Waals surface area contributed by atoms with Gasteiger partial charge in [0.2, 0.25) is 5.91 Å². The van der Waals surface area contributed by atoms with Gasteiger partial charge in [0, 0.05) is 24.3 Å². The Labute approximate surface area is 198 Å². The van der Waals surface area contributed by atoms with Crippen LogP contribution in [0.2, 0.25) is 0 Å². The first kappa shape index (κ1) is 23.3. The number of nitrogens with zero attached hydrogens (tertiary/aromatic N) is 2. The van der Waals surface area contributed by atoms with E-state index in [0.29, 0.717) is 16.9 Å². The third kappa shape index (κ3) is 4.10. The van der Waals surface area contributed by atoms with E-state index < -0.39 is 39.7 Å². The van der Waals surface area contributed by atoms with Crippen molar-refractivity contribution < 1.29 is 29.2 Å². The van der Waals surface area contributed by atoms with E-state index >= 15 is 0 Å². The smallest absolute Gasteiger partial charge is 0.334 e. The van der Waals surface area contributed by atoms with Crippen LogP contribution in [0.3, 0.4) is 0 Å². The Morgan fingerprint density at radius 1 is 1.24 bits per heavy atom. The number of aliphatic carboxylic acids is 1. The largest absolute Gasteiger partial charge is 0.484 e. The van der Waals surface area contributed by atoms with Crippen molar-refractivity contribution in [3.8, 4) is 5.75 Å². The highest BCUT2D eigenvalue weighted by atomic mass is 32.2. The number of nitro groups is 1. The van der Waals surface area contributed by atoms with E-state index in [2.05, 4.69) is 11.9 Å². The Morgan fingerprint density at radius 3 is 2.53 bits per heavy atom. The molecule has 0 saturated carbocycles. The lowest BCUT2D eigenvalue weighted by molar-refractivity contribution is -0.384. The first-order valence-electron chi connectivity index (χ1n) is 10.3. The van der Waals surface area contributed by atoms with Gasteiger partial charge in [-0.15, -0.1) is 11.8 Å². The minimum atomic E-state index is -1.72. The van der Waals surface area contributed by atoms with Crippen molar-refractivity contribution >= 4 is 35.2 Å². The third-order valence-corrected chi connectivity index (χ3v) is 7.20. The fourth-order valence-corrected chi connectivity index (χ4v) is 5.52. The fraction of sp³-hybridized carbons (Fsp3) is 0.261. The van der Waals surface area contributed by atoms with E-state index in [-0.39, 0.29) is 24.5 Å². The Balaban J connectivity index is 1.50. The number of hydrogen-bond acceptors (Lipinski definition) is 7. The standard InChI is InChI=1S/C23H21N3O7S/c1-14-13-34-21-19(24-18(27)12-33-17-5-3-2-4-6-17)20(28)25(21)23(14,22(29)30)11-15-7-9-16(10-8-15)26(31)32/h2-10,19,21H,1,11-13H2,(H,24,27)(H,29,30). The molecule has 2 aliphatic rings. The maximum atomic E-state index is 13.1. The van der Waals surface area contributed by atoms with Crippen LogP contribution < -0.4 is 10.1 Å². The number of β-lactam (4-membered cyclic amide) rings is 1. The highest BCUT2D eigenvalue weighted by molar-refractivity contribution is 8.00. The van der Waals surface area contributed by atoms with Crippen LogP contribution >= 0.6 is 11.8 Å². The normalized spacial score (nSPS) is 23.5. The number of rotatable bonds is 8. The van der Waals surface area contributed by atoms with E-state index in [1.165, 1.54) is 40.9 Å². The van der Waals surface area contributed by atoms with Gasteiger partial charge in [-0.1, -0.05) is 36.9 Å². The van der Waals surface area contributed by atoms with E-state index in [0.717, 1.165) is 0 Å². The quantitative estimate of drug-likeness (QED) is 0.252. The summed E-state index contributed by atoms with van der Waals surface area (Å²) in [5.74, 6) is -1.48. The zero-order valence-electron chi connectivity index (χ0n) is 17.9. The van der Waals surface area contributed by atoms with Crippen LogP contribution in [-0.2, 0) is 20.8 Å². The van der Waals surface area contributed by atoms with Gasteiger partial charge in [-0.3, -0.25) is 19.7 Å². The summed E-state index contributed by atoms with van der Waals surface area (Å²) in [6.07, 6.45) is -0.0975. The molecule has 11 heteroatoms. The monoisotopic (exact) mass is 483 g/mol. The second-order valence-electron chi connectivity index (χ2n) is 7.93. The van der Waals surface area contributed by atoms with Crippen LogP contribution in [0.4, 0.5) is 5.69 Å². The van der Waals surface area contributed by atoms with Crippen molar-refractivity contribution in [3.05, 3.63) is 82.4 Å². The molecule has 0 bridgehead atoms. The van der Waals surface area contributed by atoms with Crippen LogP contribution in [0, 0.1) is 10.1 Å². The van der Waals surface area contributed by atoms with Crippen molar-refractivity contribution in [1.82, 2.24) is 10.2 Å². The maximum absolute atomic E-state index is 13.1. The van der Waals surface area contributed by atoms with Crippen LogP contribution in [0.5, 0.6) is 5.75 Å². The van der Waals surface area contributed by atoms with Gasteiger partial charge >= 0.3 is 5.97 Å². The zero-order valence-corrected chi connectivity index (χ0v) is 18.7. The molecule has 2 saturated heterocycles. The van der Waals surface area contributed by atoms with Crippen LogP contribution in [0.25, 0.3) is 0 Å². The third-order valence-electron chi connectivity index (χ3n) is 5.86. The summed E-state index contributed by atoms with van der Waals surface area (Å²) in [5.41, 5.74) is -0.990. The Hall–Kier alpha value is -3.86. The number of non-ortho nitro benzene ring substituents is 1. The van der Waals surface area contributed by atoms with Crippen LogP contribution in [-0.4, -0.2) is 62.0 Å². The number of thioether (sulfide) groups is 1. The van der Waals surface area contributed by atoms with Gasteiger partial charge in [-0.25, -0.2) is 4.79 Å². The molecule has 3 atom stereocenters. The first-order valence-corrected chi connectivity index (χ1v) is 11.4. The molecular formula is C23H21N3O7S. The number of nitro benzene ring substituents is 1. The number of para-hydroxylation sites is 1. The Kier molecular flexibility index (Phi) is 6.29. The molecule has 34 heavy (non-hydrogen) atoms. The van der Waals surface area contributed by atoms with Gasteiger partial charge in [0.15, 0.2) is 12.1 Å². The molecule has 2 amide bonds. The highest BCUT2D eigenvalue weighted by Crippen LogP contribution is 2.47. The first-order chi connectivity index (χ1) is 16.2. The minimum Gasteiger partial charge on any atom is -0.484 e. The topological polar surface area (TPSA) is 139 Å². The summed E-state index contributed by atoms with van der Waals surface area (Å²) in [6.45, 7) is 3.64. The lowest BCUT2D eigenvalue weighted by Crippen LogP contribution is -2.79. The molecule has 2 aromatic carbocycles. The maximum Gasteiger partial charge on any atom is 0.334 e. The van der Waals surface area contributed by atoms with E-state index in [1.807, 2.05) is 6.07 Å². The molecule has 2 heterocycles. The number of carboxylic acid groups (broad SMARTS) is 1. The second kappa shape index (κ2) is 9.18. The molecule has 2 aliphatic heterocycles. The van der Waals surface area contributed by atoms with Crippen LogP contribution in [0.1, 0.15) is 5.56 Å². The Morgan fingerprint density at radius 2 is 1.91 bits per heavy atom. The number of nitrogens with one attached hydrogen (secondary N) is 1. The summed E-state index contributed by atoms with van der Waals surface area (Å²) < 4.78 is 5.41. The molecule has 2 fully saturated rings. The summed E-state index contributed by atoms with van der Waals surface area (Å²) in [4.78, 5) is 49.6. The highest BCUT2D eigenvalue weighted by Gasteiger charge is 2.64. The number of hydrogen-bond donors (Lipinski definition) is 2. The summed E-state index contributed by atoms with van der Waals surface area (Å²) in [7, 11) is 0. The average molecular weight is 484 g/mol. The van der Waals surface area contributed by atoms with Crippen molar-refractivity contribution in [3.63, 3.8) is 0 Å². The summed E-state index contributed by atoms with van der Waals surface area (Å²) in [5, 5.41) is 23.2. The minimum absolute atomic E-state index is 0.0975. The molecule has 3 unspecified atom stereocenters. The predicted octanol–water partition coefficient (Wildman–Crippen LogP) is 2.00. The zero-order chi connectivity index (χ0) is 24.5. The molecule has 2 aromatic rings. The SMILES string of the molecule is C=C1CSC2C(NC(=O)COc3ccccc3)C(=O)N2C1(Cc1ccc([N+](=O)[O-])cc1)C(=O)O. The van der Waals surface area contributed by atoms with Crippen molar-refractivity contribution in [2.45, 2.75) is 23.4 Å². The van der Waals surface area contributed by atoms with Crippen molar-refractivity contribution in [2.75, 3.05) is 12.4 Å². The van der Waals surface area contributed by atoms with Gasteiger partial charge in [0.1, 0.15) is 17.2 Å². The number of carbonyl (C=O) groups is 3.